The van der Waals surface area contributed by atoms with Crippen molar-refractivity contribution in [1.29, 1.82) is 0 Å². The fourth-order valence-corrected chi connectivity index (χ4v) is 1.85. The lowest BCUT2D eigenvalue weighted by molar-refractivity contribution is 0.571. The Labute approximate surface area is 77.8 Å². The molecule has 0 unspecified atom stereocenters. The molecule has 0 N–H and O–H groups in total. The summed E-state index contributed by atoms with van der Waals surface area (Å²) in [7, 11) is 0. The Balaban J connectivity index is 3.25. The van der Waals surface area contributed by atoms with Gasteiger partial charge in [-0.25, -0.2) is 8.78 Å². The van der Waals surface area contributed by atoms with E-state index in [1.807, 2.05) is 29.5 Å². The van der Waals surface area contributed by atoms with Gasteiger partial charge in [-0.15, -0.1) is 0 Å². The largest absolute Gasteiger partial charge is 0.207 e. The second kappa shape index (κ2) is 3.47. The van der Waals surface area contributed by atoms with Crippen LogP contribution >= 0.6 is 22.6 Å². The van der Waals surface area contributed by atoms with Crippen LogP contribution in [0.3, 0.4) is 0 Å². The Morgan fingerprint density at radius 2 is 2.00 bits per heavy atom. The normalized spacial score (nSPS) is 10.2. The molecule has 1 rings (SSSR count). The third kappa shape index (κ3) is 1.89. The lowest BCUT2D eigenvalue weighted by Gasteiger charge is -2.01. The quantitative estimate of drug-likeness (QED) is 0.686. The first-order chi connectivity index (χ1) is 5.15. The summed E-state index contributed by atoms with van der Waals surface area (Å²) in [4.78, 5) is 0. The first-order valence-corrected chi connectivity index (χ1v) is 4.36. The fourth-order valence-electron chi connectivity index (χ4n) is 0.910. The number of hydrogen-bond acceptors (Lipinski definition) is 0. The molecular formula is C8H7F2I. The van der Waals surface area contributed by atoms with Crippen molar-refractivity contribution in [2.45, 2.75) is 13.3 Å². The Kier molecular flexibility index (Phi) is 2.81. The molecule has 0 radical (unpaired) electrons. The van der Waals surface area contributed by atoms with Gasteiger partial charge < -0.3 is 0 Å². The van der Waals surface area contributed by atoms with Crippen molar-refractivity contribution in [3.63, 3.8) is 0 Å². The van der Waals surface area contributed by atoms with Gasteiger partial charge >= 0.3 is 0 Å². The molecule has 0 aliphatic rings. The van der Waals surface area contributed by atoms with Gasteiger partial charge in [-0.1, -0.05) is 6.92 Å². The highest BCUT2D eigenvalue weighted by Crippen LogP contribution is 2.18. The SMILES string of the molecule is CCc1c(F)cc(F)cc1I. The summed E-state index contributed by atoms with van der Waals surface area (Å²) in [6.45, 7) is 1.85. The molecule has 0 atom stereocenters. The van der Waals surface area contributed by atoms with Gasteiger partial charge in [0.15, 0.2) is 0 Å². The van der Waals surface area contributed by atoms with Gasteiger partial charge in [0, 0.05) is 15.2 Å². The van der Waals surface area contributed by atoms with Crippen molar-refractivity contribution in [1.82, 2.24) is 0 Å². The van der Waals surface area contributed by atoms with Crippen molar-refractivity contribution >= 4 is 22.6 Å². The van der Waals surface area contributed by atoms with Crippen LogP contribution in [0.25, 0.3) is 0 Å². The molecule has 1 aromatic carbocycles. The van der Waals surface area contributed by atoms with E-state index in [1.165, 1.54) is 6.07 Å². The van der Waals surface area contributed by atoms with Gasteiger partial charge in [0.05, 0.1) is 0 Å². The predicted octanol–water partition coefficient (Wildman–Crippen LogP) is 3.13. The molecule has 3 heteroatoms. The summed E-state index contributed by atoms with van der Waals surface area (Å²) in [6.07, 6.45) is 0.602. The van der Waals surface area contributed by atoms with Crippen LogP contribution in [0.4, 0.5) is 8.78 Å². The molecule has 0 fully saturated rings. The van der Waals surface area contributed by atoms with Crippen LogP contribution < -0.4 is 0 Å². The first-order valence-electron chi connectivity index (χ1n) is 3.28. The van der Waals surface area contributed by atoms with E-state index >= 15 is 0 Å². The standard InChI is InChI=1S/C8H7F2I/c1-2-6-7(10)3-5(9)4-8(6)11/h3-4H,2H2,1H3. The van der Waals surface area contributed by atoms with Gasteiger partial charge in [-0.3, -0.25) is 0 Å². The second-order valence-electron chi connectivity index (χ2n) is 2.20. The van der Waals surface area contributed by atoms with E-state index < -0.39 is 11.6 Å². The molecular weight excluding hydrogens is 261 g/mol. The fraction of sp³-hybridized carbons (Fsp3) is 0.250. The third-order valence-electron chi connectivity index (χ3n) is 1.46. The Morgan fingerprint density at radius 1 is 1.36 bits per heavy atom. The van der Waals surface area contributed by atoms with E-state index in [2.05, 4.69) is 0 Å². The molecule has 0 aromatic heterocycles. The third-order valence-corrected chi connectivity index (χ3v) is 2.42. The van der Waals surface area contributed by atoms with Crippen LogP contribution in [0.5, 0.6) is 0 Å². The van der Waals surface area contributed by atoms with E-state index in [9.17, 15) is 8.78 Å². The number of hydrogen-bond donors (Lipinski definition) is 0. The minimum absolute atomic E-state index is 0.447. The lowest BCUT2D eigenvalue weighted by Crippen LogP contribution is -1.93. The van der Waals surface area contributed by atoms with E-state index in [0.29, 0.717) is 15.6 Å². The summed E-state index contributed by atoms with van der Waals surface area (Å²) in [5.41, 5.74) is 0.590. The summed E-state index contributed by atoms with van der Waals surface area (Å²) in [5, 5.41) is 0. The summed E-state index contributed by atoms with van der Waals surface area (Å²) >= 11 is 1.93. The van der Waals surface area contributed by atoms with Gasteiger partial charge in [0.25, 0.3) is 0 Å². The molecule has 1 aromatic rings. The molecule has 0 bridgehead atoms. The van der Waals surface area contributed by atoms with E-state index in [1.54, 1.807) is 0 Å². The topological polar surface area (TPSA) is 0 Å². The van der Waals surface area contributed by atoms with Crippen LogP contribution in [0.2, 0.25) is 0 Å². The highest BCUT2D eigenvalue weighted by atomic mass is 127. The van der Waals surface area contributed by atoms with Crippen LogP contribution in [-0.4, -0.2) is 0 Å². The van der Waals surface area contributed by atoms with Crippen LogP contribution in [0.1, 0.15) is 12.5 Å². The van der Waals surface area contributed by atoms with Crippen molar-refractivity contribution in [3.05, 3.63) is 32.9 Å². The summed E-state index contributed by atoms with van der Waals surface area (Å²) < 4.78 is 26.0. The van der Waals surface area contributed by atoms with E-state index in [-0.39, 0.29) is 0 Å². The molecule has 0 aliphatic carbocycles. The minimum Gasteiger partial charge on any atom is -0.207 e. The van der Waals surface area contributed by atoms with Crippen molar-refractivity contribution in [2.24, 2.45) is 0 Å². The van der Waals surface area contributed by atoms with Crippen LogP contribution in [0, 0.1) is 15.2 Å². The van der Waals surface area contributed by atoms with Crippen molar-refractivity contribution in [3.8, 4) is 0 Å². The monoisotopic (exact) mass is 268 g/mol. The predicted molar refractivity (Wildman–Crippen MR) is 48.5 cm³/mol. The van der Waals surface area contributed by atoms with Gasteiger partial charge in [-0.05, 0) is 35.1 Å². The number of benzene rings is 1. The zero-order valence-corrected chi connectivity index (χ0v) is 8.15. The van der Waals surface area contributed by atoms with E-state index in [4.69, 9.17) is 0 Å². The highest BCUT2D eigenvalue weighted by Gasteiger charge is 2.06. The summed E-state index contributed by atoms with van der Waals surface area (Å²) in [5.74, 6) is -0.957. The molecule has 0 aliphatic heterocycles. The Bertz CT molecular complexity index is 248. The molecule has 0 spiro atoms. The zero-order chi connectivity index (χ0) is 8.43. The maximum absolute atomic E-state index is 12.9. The van der Waals surface area contributed by atoms with Crippen molar-refractivity contribution in [2.75, 3.05) is 0 Å². The summed E-state index contributed by atoms with van der Waals surface area (Å²) in [6, 6.07) is 2.25. The molecule has 11 heavy (non-hydrogen) atoms. The maximum Gasteiger partial charge on any atom is 0.130 e. The Morgan fingerprint density at radius 3 is 2.45 bits per heavy atom. The maximum atomic E-state index is 12.9. The molecule has 0 saturated carbocycles. The first kappa shape index (κ1) is 8.90. The van der Waals surface area contributed by atoms with Gasteiger partial charge in [0.1, 0.15) is 11.6 Å². The van der Waals surface area contributed by atoms with E-state index in [0.717, 1.165) is 6.07 Å². The molecule has 60 valence electrons. The Hall–Kier alpha value is -0.190. The van der Waals surface area contributed by atoms with Crippen LogP contribution in [0.15, 0.2) is 12.1 Å². The molecule has 0 heterocycles. The number of halogens is 3. The highest BCUT2D eigenvalue weighted by molar-refractivity contribution is 14.1. The molecule has 0 nitrogen and oxygen atoms in total. The average Bonchev–Trinajstić information content (AvgIpc) is 1.85. The van der Waals surface area contributed by atoms with Gasteiger partial charge in [-0.2, -0.15) is 0 Å². The average molecular weight is 268 g/mol. The van der Waals surface area contributed by atoms with Gasteiger partial charge in [0.2, 0.25) is 0 Å². The zero-order valence-electron chi connectivity index (χ0n) is 6.00. The molecule has 0 amide bonds. The smallest absolute Gasteiger partial charge is 0.130 e. The lowest BCUT2D eigenvalue weighted by atomic mass is 10.1. The minimum atomic E-state index is -0.510. The molecule has 0 saturated heterocycles. The number of rotatable bonds is 1. The van der Waals surface area contributed by atoms with Crippen molar-refractivity contribution < 1.29 is 8.78 Å². The van der Waals surface area contributed by atoms with Crippen LogP contribution in [-0.2, 0) is 6.42 Å². The second-order valence-corrected chi connectivity index (χ2v) is 3.36.